The van der Waals surface area contributed by atoms with Crippen LogP contribution in [0.1, 0.15) is 12.7 Å². The SMILES string of the molecule is CC(C=NNc1ccc([N+](=O)[O-])cn1)=Cc1ccco1. The summed E-state index contributed by atoms with van der Waals surface area (Å²) in [4.78, 5) is 13.8. The molecule has 2 aromatic heterocycles. The number of nitrogens with one attached hydrogen (secondary N) is 1. The quantitative estimate of drug-likeness (QED) is 0.512. The Hall–Kier alpha value is -2.96. The molecule has 0 saturated carbocycles. The molecule has 2 rings (SSSR count). The van der Waals surface area contributed by atoms with Gasteiger partial charge >= 0.3 is 0 Å². The molecule has 0 radical (unpaired) electrons. The molecule has 0 aromatic carbocycles. The Morgan fingerprint density at radius 3 is 2.95 bits per heavy atom. The second-order valence-corrected chi connectivity index (χ2v) is 3.93. The lowest BCUT2D eigenvalue weighted by molar-refractivity contribution is -0.385. The fraction of sp³-hybridized carbons (Fsp3) is 0.0769. The molecule has 7 heteroatoms. The Bertz CT molecular complexity index is 630. The van der Waals surface area contributed by atoms with Crippen LogP contribution in [0, 0.1) is 10.1 Å². The molecule has 0 fully saturated rings. The normalized spacial score (nSPS) is 11.8. The molecular weight excluding hydrogens is 260 g/mol. The van der Waals surface area contributed by atoms with Crippen molar-refractivity contribution in [2.24, 2.45) is 5.10 Å². The zero-order valence-electron chi connectivity index (χ0n) is 10.7. The highest BCUT2D eigenvalue weighted by Gasteiger charge is 2.04. The number of allylic oxidation sites excluding steroid dienone is 1. The van der Waals surface area contributed by atoms with Gasteiger partial charge in [0.15, 0.2) is 0 Å². The number of hydrogen-bond acceptors (Lipinski definition) is 6. The van der Waals surface area contributed by atoms with Gasteiger partial charge in [0.25, 0.3) is 5.69 Å². The maximum atomic E-state index is 10.5. The highest BCUT2D eigenvalue weighted by atomic mass is 16.6. The molecule has 0 atom stereocenters. The van der Waals surface area contributed by atoms with Gasteiger partial charge in [-0.05, 0) is 36.8 Å². The van der Waals surface area contributed by atoms with E-state index in [2.05, 4.69) is 15.5 Å². The summed E-state index contributed by atoms with van der Waals surface area (Å²) >= 11 is 0. The molecule has 7 nitrogen and oxygen atoms in total. The van der Waals surface area contributed by atoms with Crippen LogP contribution in [-0.4, -0.2) is 16.1 Å². The van der Waals surface area contributed by atoms with Gasteiger partial charge in [0.05, 0.1) is 17.4 Å². The van der Waals surface area contributed by atoms with Crippen molar-refractivity contribution < 1.29 is 9.34 Å². The highest BCUT2D eigenvalue weighted by molar-refractivity contribution is 5.84. The van der Waals surface area contributed by atoms with E-state index >= 15 is 0 Å². The van der Waals surface area contributed by atoms with Gasteiger partial charge < -0.3 is 4.42 Å². The average molecular weight is 272 g/mol. The molecule has 2 aromatic rings. The van der Waals surface area contributed by atoms with Crippen molar-refractivity contribution in [1.82, 2.24) is 4.98 Å². The summed E-state index contributed by atoms with van der Waals surface area (Å²) in [5.74, 6) is 1.17. The number of nitrogens with zero attached hydrogens (tertiary/aromatic N) is 3. The van der Waals surface area contributed by atoms with E-state index in [4.69, 9.17) is 4.42 Å². The molecule has 2 heterocycles. The van der Waals surface area contributed by atoms with Crippen molar-refractivity contribution in [3.05, 3.63) is 58.2 Å². The van der Waals surface area contributed by atoms with Crippen LogP contribution >= 0.6 is 0 Å². The van der Waals surface area contributed by atoms with Gasteiger partial charge in [-0.15, -0.1) is 0 Å². The summed E-state index contributed by atoms with van der Waals surface area (Å²) in [6.07, 6.45) is 6.19. The molecule has 0 amide bonds. The summed E-state index contributed by atoms with van der Waals surface area (Å²) in [5, 5.41) is 14.4. The number of hydrazone groups is 1. The molecule has 0 spiro atoms. The molecule has 0 unspecified atom stereocenters. The Morgan fingerprint density at radius 1 is 1.50 bits per heavy atom. The third kappa shape index (κ3) is 3.77. The van der Waals surface area contributed by atoms with Gasteiger partial charge in [-0.25, -0.2) is 4.98 Å². The standard InChI is InChI=1S/C13H12N4O3/c1-10(7-12-3-2-6-20-12)8-15-16-13-5-4-11(9-14-13)17(18)19/h2-9H,1H3,(H,14,16). The molecule has 0 aliphatic heterocycles. The van der Waals surface area contributed by atoms with Crippen LogP contribution in [0.3, 0.4) is 0 Å². The van der Waals surface area contributed by atoms with E-state index in [1.54, 1.807) is 18.5 Å². The van der Waals surface area contributed by atoms with Crippen LogP contribution < -0.4 is 5.43 Å². The lowest BCUT2D eigenvalue weighted by Crippen LogP contribution is -1.94. The molecule has 20 heavy (non-hydrogen) atoms. The van der Waals surface area contributed by atoms with Gasteiger partial charge in [-0.1, -0.05) is 0 Å². The van der Waals surface area contributed by atoms with Crippen molar-refractivity contribution in [3.8, 4) is 0 Å². The zero-order chi connectivity index (χ0) is 14.4. The fourth-order valence-electron chi connectivity index (χ4n) is 1.40. The third-order valence-electron chi connectivity index (χ3n) is 2.32. The summed E-state index contributed by atoms with van der Waals surface area (Å²) in [6.45, 7) is 1.87. The Kier molecular flexibility index (Phi) is 4.23. The molecule has 0 aliphatic carbocycles. The van der Waals surface area contributed by atoms with E-state index in [-0.39, 0.29) is 5.69 Å². The highest BCUT2D eigenvalue weighted by Crippen LogP contribution is 2.11. The molecule has 0 bridgehead atoms. The third-order valence-corrected chi connectivity index (χ3v) is 2.32. The lowest BCUT2D eigenvalue weighted by atomic mass is 10.3. The van der Waals surface area contributed by atoms with Crippen LogP contribution in [0.4, 0.5) is 11.5 Å². The van der Waals surface area contributed by atoms with E-state index < -0.39 is 4.92 Å². The summed E-state index contributed by atoms with van der Waals surface area (Å²) in [7, 11) is 0. The van der Waals surface area contributed by atoms with E-state index in [0.717, 1.165) is 11.3 Å². The monoisotopic (exact) mass is 272 g/mol. The van der Waals surface area contributed by atoms with Gasteiger partial charge in [0.2, 0.25) is 0 Å². The van der Waals surface area contributed by atoms with Crippen molar-refractivity contribution in [2.75, 3.05) is 5.43 Å². The number of aromatic nitrogens is 1. The second kappa shape index (κ2) is 6.28. The van der Waals surface area contributed by atoms with Gasteiger partial charge in [0, 0.05) is 6.07 Å². The predicted octanol–water partition coefficient (Wildman–Crippen LogP) is 3.08. The van der Waals surface area contributed by atoms with Crippen LogP contribution in [0.2, 0.25) is 0 Å². The van der Waals surface area contributed by atoms with Crippen molar-refractivity contribution in [1.29, 1.82) is 0 Å². The van der Waals surface area contributed by atoms with Gasteiger partial charge in [-0.2, -0.15) is 5.10 Å². The van der Waals surface area contributed by atoms with Crippen molar-refractivity contribution in [2.45, 2.75) is 6.92 Å². The molecule has 1 N–H and O–H groups in total. The number of furan rings is 1. The maximum absolute atomic E-state index is 10.5. The van der Waals surface area contributed by atoms with Gasteiger partial charge in [0.1, 0.15) is 17.8 Å². The largest absolute Gasteiger partial charge is 0.465 e. The number of anilines is 1. The minimum Gasteiger partial charge on any atom is -0.465 e. The molecule has 102 valence electrons. The first-order chi connectivity index (χ1) is 9.65. The molecule has 0 aliphatic rings. The van der Waals surface area contributed by atoms with E-state index in [0.29, 0.717) is 5.82 Å². The summed E-state index contributed by atoms with van der Waals surface area (Å²) in [5.41, 5.74) is 3.51. The second-order valence-electron chi connectivity index (χ2n) is 3.93. The van der Waals surface area contributed by atoms with Crippen LogP contribution in [0.25, 0.3) is 6.08 Å². The van der Waals surface area contributed by atoms with Crippen molar-refractivity contribution >= 4 is 23.8 Å². The first-order valence-electron chi connectivity index (χ1n) is 5.76. The smallest absolute Gasteiger partial charge is 0.287 e. The molecule has 0 saturated heterocycles. The Balaban J connectivity index is 1.94. The average Bonchev–Trinajstić information content (AvgIpc) is 2.92. The number of rotatable bonds is 5. The minimum atomic E-state index is -0.504. The van der Waals surface area contributed by atoms with Crippen LogP contribution in [0.15, 0.2) is 51.8 Å². The van der Waals surface area contributed by atoms with Crippen LogP contribution in [0.5, 0.6) is 0 Å². The Morgan fingerprint density at radius 2 is 2.35 bits per heavy atom. The minimum absolute atomic E-state index is 0.0616. The number of hydrogen-bond donors (Lipinski definition) is 1. The van der Waals surface area contributed by atoms with Crippen LogP contribution in [-0.2, 0) is 0 Å². The first kappa shape index (κ1) is 13.5. The number of pyridine rings is 1. The van der Waals surface area contributed by atoms with E-state index in [9.17, 15) is 10.1 Å². The topological polar surface area (TPSA) is 93.6 Å². The Labute approximate surface area is 114 Å². The molecular formula is C13H12N4O3. The summed E-state index contributed by atoms with van der Waals surface area (Å²) < 4.78 is 5.17. The first-order valence-corrected chi connectivity index (χ1v) is 5.76. The fourth-order valence-corrected chi connectivity index (χ4v) is 1.40. The predicted molar refractivity (Wildman–Crippen MR) is 75.4 cm³/mol. The van der Waals surface area contributed by atoms with Gasteiger partial charge in [-0.3, -0.25) is 15.5 Å². The van der Waals surface area contributed by atoms with Crippen molar-refractivity contribution in [3.63, 3.8) is 0 Å². The maximum Gasteiger partial charge on any atom is 0.287 e. The number of nitro groups is 1. The zero-order valence-corrected chi connectivity index (χ0v) is 10.7. The van der Waals surface area contributed by atoms with E-state index in [1.165, 1.54) is 18.3 Å². The summed E-state index contributed by atoms with van der Waals surface area (Å²) in [6, 6.07) is 6.48. The van der Waals surface area contributed by atoms with E-state index in [1.807, 2.05) is 19.1 Å². The lowest BCUT2D eigenvalue weighted by Gasteiger charge is -1.98.